The number of carbonyl (C=O) groups is 2. The summed E-state index contributed by atoms with van der Waals surface area (Å²) in [5.41, 5.74) is 3.56. The van der Waals surface area contributed by atoms with Crippen molar-refractivity contribution in [3.8, 4) is 0 Å². The van der Waals surface area contributed by atoms with Crippen LogP contribution in [0.5, 0.6) is 0 Å². The van der Waals surface area contributed by atoms with E-state index in [-0.39, 0.29) is 30.6 Å². The second kappa shape index (κ2) is 12.7. The van der Waals surface area contributed by atoms with Gasteiger partial charge in [-0.1, -0.05) is 85.3 Å². The van der Waals surface area contributed by atoms with Crippen LogP contribution in [-0.4, -0.2) is 29.3 Å². The van der Waals surface area contributed by atoms with Crippen molar-refractivity contribution < 1.29 is 14.0 Å². The average Bonchev–Trinajstić information content (AvgIpc) is 2.85. The number of rotatable bonds is 11. The molecular formula is C29H33FN2O2. The second-order valence-corrected chi connectivity index (χ2v) is 8.60. The quantitative estimate of drug-likeness (QED) is 0.426. The lowest BCUT2D eigenvalue weighted by molar-refractivity contribution is -0.141. The van der Waals surface area contributed by atoms with Crippen LogP contribution < -0.4 is 5.32 Å². The molecule has 1 unspecified atom stereocenters. The fourth-order valence-electron chi connectivity index (χ4n) is 3.88. The van der Waals surface area contributed by atoms with E-state index in [9.17, 15) is 14.0 Å². The number of nitrogens with zero attached hydrogens (tertiary/aromatic N) is 1. The number of aryl methyl sites for hydroxylation is 2. The molecule has 3 rings (SSSR count). The summed E-state index contributed by atoms with van der Waals surface area (Å²) < 4.78 is 14.6. The minimum absolute atomic E-state index is 0.0381. The van der Waals surface area contributed by atoms with E-state index < -0.39 is 6.04 Å². The molecule has 178 valence electrons. The molecule has 0 saturated carbocycles. The van der Waals surface area contributed by atoms with Crippen molar-refractivity contribution in [2.24, 2.45) is 0 Å². The molecule has 2 amide bonds. The minimum Gasteiger partial charge on any atom is -0.354 e. The fraction of sp³-hybridized carbons (Fsp3) is 0.310. The first-order chi connectivity index (χ1) is 16.5. The molecule has 1 atom stereocenters. The molecule has 4 nitrogen and oxygen atoms in total. The Morgan fingerprint density at radius 3 is 2.26 bits per heavy atom. The molecule has 0 aliphatic heterocycles. The van der Waals surface area contributed by atoms with Crippen molar-refractivity contribution in [3.05, 3.63) is 107 Å². The summed E-state index contributed by atoms with van der Waals surface area (Å²) in [4.78, 5) is 28.3. The number of halogens is 1. The molecule has 5 heteroatoms. The standard InChI is InChI=1S/C29H33FN2O2/c1-3-19-31-29(34)27(20-24-9-5-4-6-10-24)32(21-25-11-7-8-12-26(25)30)28(33)18-17-23-15-13-22(2)14-16-23/h4-16,27H,3,17-21H2,1-2H3,(H,31,34). The Bertz CT molecular complexity index is 1070. The molecule has 0 saturated heterocycles. The van der Waals surface area contributed by atoms with Crippen LogP contribution in [0.1, 0.15) is 42.0 Å². The van der Waals surface area contributed by atoms with Crippen LogP contribution >= 0.6 is 0 Å². The lowest BCUT2D eigenvalue weighted by atomic mass is 10.0. The summed E-state index contributed by atoms with van der Waals surface area (Å²) in [7, 11) is 0. The third-order valence-electron chi connectivity index (χ3n) is 5.87. The van der Waals surface area contributed by atoms with E-state index in [1.165, 1.54) is 6.07 Å². The zero-order valence-electron chi connectivity index (χ0n) is 20.0. The van der Waals surface area contributed by atoms with Gasteiger partial charge in [0.15, 0.2) is 0 Å². The topological polar surface area (TPSA) is 49.4 Å². The van der Waals surface area contributed by atoms with Crippen molar-refractivity contribution in [1.29, 1.82) is 0 Å². The van der Waals surface area contributed by atoms with E-state index >= 15 is 0 Å². The van der Waals surface area contributed by atoms with Crippen molar-refractivity contribution in [3.63, 3.8) is 0 Å². The van der Waals surface area contributed by atoms with Crippen LogP contribution in [0.4, 0.5) is 4.39 Å². The predicted octanol–water partition coefficient (Wildman–Crippen LogP) is 5.23. The van der Waals surface area contributed by atoms with E-state index in [2.05, 4.69) is 5.32 Å². The maximum atomic E-state index is 14.6. The Morgan fingerprint density at radius 2 is 1.59 bits per heavy atom. The van der Waals surface area contributed by atoms with Crippen molar-refractivity contribution in [1.82, 2.24) is 10.2 Å². The van der Waals surface area contributed by atoms with Crippen LogP contribution in [0.2, 0.25) is 0 Å². The van der Waals surface area contributed by atoms with Gasteiger partial charge in [0.2, 0.25) is 11.8 Å². The molecule has 0 spiro atoms. The van der Waals surface area contributed by atoms with Gasteiger partial charge < -0.3 is 10.2 Å². The monoisotopic (exact) mass is 460 g/mol. The van der Waals surface area contributed by atoms with Crippen molar-refractivity contribution in [2.45, 2.75) is 52.1 Å². The van der Waals surface area contributed by atoms with E-state index in [0.717, 1.165) is 23.1 Å². The van der Waals surface area contributed by atoms with Gasteiger partial charge in [-0.2, -0.15) is 0 Å². The van der Waals surface area contributed by atoms with E-state index in [0.29, 0.717) is 24.9 Å². The largest absolute Gasteiger partial charge is 0.354 e. The summed E-state index contributed by atoms with van der Waals surface area (Å²) in [5, 5.41) is 2.94. The first-order valence-electron chi connectivity index (χ1n) is 11.9. The Labute approximate surface area is 201 Å². The summed E-state index contributed by atoms with van der Waals surface area (Å²) in [6.07, 6.45) is 1.95. The van der Waals surface area contributed by atoms with Crippen LogP contribution in [0.3, 0.4) is 0 Å². The molecular weight excluding hydrogens is 427 g/mol. The molecule has 0 aliphatic carbocycles. The lowest BCUT2D eigenvalue weighted by Gasteiger charge is -2.31. The molecule has 0 fully saturated rings. The van der Waals surface area contributed by atoms with E-state index in [1.54, 1.807) is 23.1 Å². The number of amides is 2. The van der Waals surface area contributed by atoms with Gasteiger partial charge in [0, 0.05) is 31.5 Å². The van der Waals surface area contributed by atoms with Gasteiger partial charge in [0.05, 0.1) is 0 Å². The predicted molar refractivity (Wildman–Crippen MR) is 134 cm³/mol. The Kier molecular flexibility index (Phi) is 9.39. The smallest absolute Gasteiger partial charge is 0.243 e. The van der Waals surface area contributed by atoms with Crippen LogP contribution in [0, 0.1) is 12.7 Å². The Morgan fingerprint density at radius 1 is 0.912 bits per heavy atom. The number of benzene rings is 3. The van der Waals surface area contributed by atoms with E-state index in [4.69, 9.17) is 0 Å². The van der Waals surface area contributed by atoms with Crippen LogP contribution in [0.25, 0.3) is 0 Å². The summed E-state index contributed by atoms with van der Waals surface area (Å²) in [5.74, 6) is -0.770. The normalized spacial score (nSPS) is 11.6. The number of nitrogens with one attached hydrogen (secondary N) is 1. The molecule has 3 aromatic rings. The molecule has 0 heterocycles. The maximum absolute atomic E-state index is 14.6. The van der Waals surface area contributed by atoms with Gasteiger partial charge in [-0.3, -0.25) is 9.59 Å². The summed E-state index contributed by atoms with van der Waals surface area (Å²) in [6.45, 7) is 4.57. The third-order valence-corrected chi connectivity index (χ3v) is 5.87. The Balaban J connectivity index is 1.89. The molecule has 1 N–H and O–H groups in total. The van der Waals surface area contributed by atoms with E-state index in [1.807, 2.05) is 68.4 Å². The molecule has 0 aromatic heterocycles. The molecule has 0 bridgehead atoms. The number of hydrogen-bond acceptors (Lipinski definition) is 2. The summed E-state index contributed by atoms with van der Waals surface area (Å²) >= 11 is 0. The highest BCUT2D eigenvalue weighted by atomic mass is 19.1. The highest BCUT2D eigenvalue weighted by Gasteiger charge is 2.30. The molecule has 3 aromatic carbocycles. The average molecular weight is 461 g/mol. The summed E-state index contributed by atoms with van der Waals surface area (Å²) in [6, 6.07) is 23.4. The first kappa shape index (κ1) is 25.2. The highest BCUT2D eigenvalue weighted by molar-refractivity contribution is 5.88. The Hall–Kier alpha value is -3.47. The zero-order valence-corrected chi connectivity index (χ0v) is 20.0. The van der Waals surface area contributed by atoms with Crippen LogP contribution in [-0.2, 0) is 29.0 Å². The molecule has 34 heavy (non-hydrogen) atoms. The maximum Gasteiger partial charge on any atom is 0.243 e. The SMILES string of the molecule is CCCNC(=O)C(Cc1ccccc1)N(Cc1ccccc1F)C(=O)CCc1ccc(C)cc1. The van der Waals surface area contributed by atoms with Crippen LogP contribution in [0.15, 0.2) is 78.9 Å². The van der Waals surface area contributed by atoms with Gasteiger partial charge in [0.25, 0.3) is 0 Å². The minimum atomic E-state index is -0.737. The third kappa shape index (κ3) is 7.27. The van der Waals surface area contributed by atoms with Gasteiger partial charge in [-0.15, -0.1) is 0 Å². The molecule has 0 radical (unpaired) electrons. The first-order valence-corrected chi connectivity index (χ1v) is 11.9. The number of carbonyl (C=O) groups excluding carboxylic acids is 2. The highest BCUT2D eigenvalue weighted by Crippen LogP contribution is 2.18. The number of hydrogen-bond donors (Lipinski definition) is 1. The molecule has 0 aliphatic rings. The fourth-order valence-corrected chi connectivity index (χ4v) is 3.88. The van der Waals surface area contributed by atoms with Crippen molar-refractivity contribution >= 4 is 11.8 Å². The lowest BCUT2D eigenvalue weighted by Crippen LogP contribution is -2.50. The van der Waals surface area contributed by atoms with Gasteiger partial charge in [-0.25, -0.2) is 4.39 Å². The van der Waals surface area contributed by atoms with Gasteiger partial charge in [-0.05, 0) is 37.0 Å². The zero-order chi connectivity index (χ0) is 24.3. The van der Waals surface area contributed by atoms with Gasteiger partial charge >= 0.3 is 0 Å². The van der Waals surface area contributed by atoms with Crippen molar-refractivity contribution in [2.75, 3.05) is 6.54 Å². The van der Waals surface area contributed by atoms with Gasteiger partial charge in [0.1, 0.15) is 11.9 Å². The second-order valence-electron chi connectivity index (χ2n) is 8.60.